The second kappa shape index (κ2) is 15.1. The zero-order valence-electron chi connectivity index (χ0n) is 27.4. The fourth-order valence-corrected chi connectivity index (χ4v) is 6.27. The summed E-state index contributed by atoms with van der Waals surface area (Å²) in [4.78, 5) is 43.0. The molecule has 44 heavy (non-hydrogen) atoms. The lowest BCUT2D eigenvalue weighted by Gasteiger charge is -2.38. The molecule has 4 rings (SSSR count). The van der Waals surface area contributed by atoms with Crippen molar-refractivity contribution in [1.29, 1.82) is 0 Å². The maximum Gasteiger partial charge on any atom is 0.410 e. The molecule has 2 aromatic rings. The Balaban J connectivity index is 1.58. The Bertz CT molecular complexity index is 1290. The Labute approximate surface area is 261 Å². The minimum Gasteiger partial charge on any atom is -0.494 e. The maximum atomic E-state index is 14.2. The molecule has 0 bridgehead atoms. The summed E-state index contributed by atoms with van der Waals surface area (Å²) in [5.74, 6) is 1.16. The average molecular weight is 614 g/mol. The summed E-state index contributed by atoms with van der Waals surface area (Å²) in [5, 5.41) is 7.47. The first-order valence-corrected chi connectivity index (χ1v) is 16.0. The third-order valence-electron chi connectivity index (χ3n) is 8.50. The number of hydrogen-bond donors (Lipinski definition) is 2. The third-order valence-corrected chi connectivity index (χ3v) is 8.50. The van der Waals surface area contributed by atoms with Crippen LogP contribution in [0.3, 0.4) is 0 Å². The summed E-state index contributed by atoms with van der Waals surface area (Å²) in [5.41, 5.74) is 1.95. The van der Waals surface area contributed by atoms with Crippen LogP contribution in [0.1, 0.15) is 63.0 Å². The molecule has 0 saturated carbocycles. The van der Waals surface area contributed by atoms with Crippen LogP contribution in [0.5, 0.6) is 5.75 Å². The van der Waals surface area contributed by atoms with Crippen molar-refractivity contribution in [2.45, 2.75) is 59.0 Å². The number of piperidine rings is 1. The molecule has 1 fully saturated rings. The van der Waals surface area contributed by atoms with Crippen LogP contribution in [0.2, 0.25) is 0 Å². The largest absolute Gasteiger partial charge is 0.494 e. The van der Waals surface area contributed by atoms with Gasteiger partial charge in [-0.15, -0.1) is 0 Å². The van der Waals surface area contributed by atoms with E-state index in [-0.39, 0.29) is 30.2 Å². The van der Waals surface area contributed by atoms with Crippen LogP contribution in [0.25, 0.3) is 10.9 Å². The van der Waals surface area contributed by atoms with Gasteiger partial charge in [0, 0.05) is 70.7 Å². The molecule has 2 N–H and O–H groups in total. The molecule has 1 unspecified atom stereocenters. The number of ether oxygens (including phenoxy) is 3. The SMILES string of the molecule is CCOc1ccc2c(c1)c1c(n2C)C(=O)N(C)CC(C2CCN(C(=O)OC(C)(C)C)CC2)CNCCOCCC(=O)NCC1. The average Bonchev–Trinajstić information content (AvgIpc) is 3.24. The van der Waals surface area contributed by atoms with E-state index in [2.05, 4.69) is 10.6 Å². The molecule has 11 nitrogen and oxygen atoms in total. The number of carbonyl (C=O) groups excluding carboxylic acids is 3. The van der Waals surface area contributed by atoms with E-state index in [1.54, 1.807) is 4.90 Å². The highest BCUT2D eigenvalue weighted by Gasteiger charge is 2.33. The van der Waals surface area contributed by atoms with Gasteiger partial charge in [-0.1, -0.05) is 0 Å². The van der Waals surface area contributed by atoms with Crippen molar-refractivity contribution in [2.75, 3.05) is 66.1 Å². The topological polar surface area (TPSA) is 114 Å². The van der Waals surface area contributed by atoms with Crippen molar-refractivity contribution in [3.63, 3.8) is 0 Å². The standard InChI is InChI=1S/C33H51N5O6/c1-7-43-25-8-9-28-27(20-25)26-10-14-35-29(39)13-18-42-19-15-34-21-24(22-36(5)31(40)30(26)37(28)6)23-11-16-38(17-12-23)32(41)44-33(2,3)4/h8-9,20,23-24,34H,7,10-19,21-22H2,1-6H3,(H,35,39). The van der Waals surface area contributed by atoms with Gasteiger partial charge in [0.2, 0.25) is 5.91 Å². The molecule has 0 spiro atoms. The highest BCUT2D eigenvalue weighted by atomic mass is 16.6. The van der Waals surface area contributed by atoms with Crippen LogP contribution in [-0.2, 0) is 27.7 Å². The van der Waals surface area contributed by atoms with Crippen molar-refractivity contribution >= 4 is 28.8 Å². The van der Waals surface area contributed by atoms with E-state index in [0.717, 1.165) is 41.6 Å². The smallest absolute Gasteiger partial charge is 0.410 e. The molecule has 2 aliphatic rings. The first-order valence-electron chi connectivity index (χ1n) is 16.0. The molecule has 1 aromatic carbocycles. The Hall–Kier alpha value is -3.31. The van der Waals surface area contributed by atoms with Gasteiger partial charge in [-0.05, 0) is 82.6 Å². The van der Waals surface area contributed by atoms with E-state index in [0.29, 0.717) is 70.6 Å². The van der Waals surface area contributed by atoms with Crippen molar-refractivity contribution in [1.82, 2.24) is 25.0 Å². The number of fused-ring (bicyclic) bond motifs is 3. The molecule has 2 aliphatic heterocycles. The summed E-state index contributed by atoms with van der Waals surface area (Å²) in [7, 11) is 3.80. The van der Waals surface area contributed by atoms with Crippen molar-refractivity contribution in [3.8, 4) is 5.75 Å². The molecule has 0 radical (unpaired) electrons. The molecule has 1 saturated heterocycles. The highest BCUT2D eigenvalue weighted by Crippen LogP contribution is 2.32. The number of hydrogen-bond acceptors (Lipinski definition) is 7. The van der Waals surface area contributed by atoms with E-state index in [9.17, 15) is 14.4 Å². The number of nitrogens with one attached hydrogen (secondary N) is 2. The van der Waals surface area contributed by atoms with Gasteiger partial charge in [-0.25, -0.2) is 4.79 Å². The monoisotopic (exact) mass is 613 g/mol. The number of benzene rings is 1. The van der Waals surface area contributed by atoms with Gasteiger partial charge in [0.25, 0.3) is 5.91 Å². The van der Waals surface area contributed by atoms with Gasteiger partial charge < -0.3 is 39.2 Å². The molecule has 3 amide bonds. The van der Waals surface area contributed by atoms with Crippen LogP contribution < -0.4 is 15.4 Å². The van der Waals surface area contributed by atoms with Crippen molar-refractivity contribution in [3.05, 3.63) is 29.5 Å². The number of rotatable bonds is 3. The number of carbonyl (C=O) groups is 3. The molecular formula is C33H51N5O6. The van der Waals surface area contributed by atoms with Gasteiger partial charge in [0.15, 0.2) is 0 Å². The predicted molar refractivity (Wildman–Crippen MR) is 170 cm³/mol. The van der Waals surface area contributed by atoms with Gasteiger partial charge in [0.1, 0.15) is 17.0 Å². The lowest BCUT2D eigenvalue weighted by Crippen LogP contribution is -2.46. The molecule has 3 heterocycles. The quantitative estimate of drug-likeness (QED) is 0.544. The number of aromatic nitrogens is 1. The first kappa shape index (κ1) is 33.6. The van der Waals surface area contributed by atoms with Crippen LogP contribution in [0, 0.1) is 11.8 Å². The van der Waals surface area contributed by atoms with Crippen molar-refractivity contribution in [2.24, 2.45) is 18.9 Å². The predicted octanol–water partition coefficient (Wildman–Crippen LogP) is 3.58. The van der Waals surface area contributed by atoms with Crippen LogP contribution >= 0.6 is 0 Å². The Morgan fingerprint density at radius 1 is 1.05 bits per heavy atom. The Kier molecular flexibility index (Phi) is 11.5. The molecule has 244 valence electrons. The molecule has 1 aromatic heterocycles. The number of amides is 3. The summed E-state index contributed by atoms with van der Waals surface area (Å²) in [6.45, 7) is 12.6. The van der Waals surface area contributed by atoms with Crippen molar-refractivity contribution < 1.29 is 28.6 Å². The second-order valence-corrected chi connectivity index (χ2v) is 12.9. The van der Waals surface area contributed by atoms with Gasteiger partial charge >= 0.3 is 6.09 Å². The normalized spacial score (nSPS) is 20.6. The van der Waals surface area contributed by atoms with Crippen LogP contribution in [-0.4, -0.2) is 104 Å². The van der Waals surface area contributed by atoms with Crippen LogP contribution in [0.15, 0.2) is 18.2 Å². The molecule has 0 aliphatic carbocycles. The summed E-state index contributed by atoms with van der Waals surface area (Å²) < 4.78 is 19.1. The fraction of sp³-hybridized carbons (Fsp3) is 0.667. The molecule has 1 atom stereocenters. The third kappa shape index (κ3) is 8.65. The zero-order valence-corrected chi connectivity index (χ0v) is 27.4. The van der Waals surface area contributed by atoms with E-state index >= 15 is 0 Å². The van der Waals surface area contributed by atoms with E-state index in [1.165, 1.54) is 0 Å². The van der Waals surface area contributed by atoms with E-state index < -0.39 is 5.60 Å². The lowest BCUT2D eigenvalue weighted by molar-refractivity contribution is -0.122. The second-order valence-electron chi connectivity index (χ2n) is 12.9. The summed E-state index contributed by atoms with van der Waals surface area (Å²) in [6, 6.07) is 5.92. The minimum absolute atomic E-state index is 0.0492. The van der Waals surface area contributed by atoms with Gasteiger partial charge in [-0.3, -0.25) is 9.59 Å². The van der Waals surface area contributed by atoms with E-state index in [1.807, 2.05) is 69.5 Å². The fourth-order valence-electron chi connectivity index (χ4n) is 6.27. The van der Waals surface area contributed by atoms with Gasteiger partial charge in [0.05, 0.1) is 19.8 Å². The van der Waals surface area contributed by atoms with Gasteiger partial charge in [-0.2, -0.15) is 0 Å². The number of aryl methyl sites for hydroxylation is 1. The first-order chi connectivity index (χ1) is 21.0. The Morgan fingerprint density at radius 2 is 1.80 bits per heavy atom. The zero-order chi connectivity index (χ0) is 31.9. The highest BCUT2D eigenvalue weighted by molar-refractivity contribution is 6.02. The molecular weight excluding hydrogens is 562 g/mol. The lowest BCUT2D eigenvalue weighted by atomic mass is 9.83. The Morgan fingerprint density at radius 3 is 2.50 bits per heavy atom. The molecule has 11 heteroatoms. The number of nitrogens with zero attached hydrogens (tertiary/aromatic N) is 3. The summed E-state index contributed by atoms with van der Waals surface area (Å²) >= 11 is 0. The minimum atomic E-state index is -0.528. The van der Waals surface area contributed by atoms with E-state index in [4.69, 9.17) is 14.2 Å². The summed E-state index contributed by atoms with van der Waals surface area (Å²) in [6.07, 6.45) is 2.23. The van der Waals surface area contributed by atoms with Crippen LogP contribution in [0.4, 0.5) is 4.79 Å². The number of likely N-dealkylation sites (tertiary alicyclic amines) is 1. The maximum absolute atomic E-state index is 14.2.